The number of benzene rings is 3. The summed E-state index contributed by atoms with van der Waals surface area (Å²) in [5.74, 6) is -1.35. The second-order valence-electron chi connectivity index (χ2n) is 8.46. The van der Waals surface area contributed by atoms with Crippen molar-refractivity contribution in [2.24, 2.45) is 11.1 Å². The molecule has 9 heteroatoms. The Morgan fingerprint density at radius 1 is 1.03 bits per heavy atom. The highest BCUT2D eigenvalue weighted by Crippen LogP contribution is 2.27. The zero-order valence-electron chi connectivity index (χ0n) is 19.4. The molecule has 0 unspecified atom stereocenters. The standard InChI is InChI=1S/C26H26N4O4S/c1-18(2)16-30(17-20-7-5-6-19(14-20)15-27)26(32)25(31)29-22-12-10-21(11-13-22)23-8-3-4-9-24(23)35(28,33)34/h3-14,18H,16-17H2,1-2H3,(H,29,31)(H2,28,33,34). The summed E-state index contributed by atoms with van der Waals surface area (Å²) in [4.78, 5) is 27.1. The van der Waals surface area contributed by atoms with E-state index in [1.165, 1.54) is 11.0 Å². The molecule has 0 saturated carbocycles. The molecule has 0 fully saturated rings. The largest absolute Gasteiger partial charge is 0.330 e. The Bertz CT molecular complexity index is 1380. The first kappa shape index (κ1) is 25.6. The Morgan fingerprint density at radius 2 is 1.71 bits per heavy atom. The van der Waals surface area contributed by atoms with Crippen LogP contribution in [0.5, 0.6) is 0 Å². The summed E-state index contributed by atoms with van der Waals surface area (Å²) in [6, 6.07) is 21.8. The average Bonchev–Trinajstić information content (AvgIpc) is 2.83. The molecule has 8 nitrogen and oxygen atoms in total. The minimum absolute atomic E-state index is 0.00300. The number of carbonyl (C=O) groups excluding carboxylic acids is 2. The van der Waals surface area contributed by atoms with Crippen molar-refractivity contribution in [3.63, 3.8) is 0 Å². The van der Waals surface area contributed by atoms with Crippen LogP contribution in [0.4, 0.5) is 5.69 Å². The number of hydrogen-bond donors (Lipinski definition) is 2. The third-order valence-electron chi connectivity index (χ3n) is 5.14. The molecular formula is C26H26N4O4S. The molecule has 0 radical (unpaired) electrons. The summed E-state index contributed by atoms with van der Waals surface area (Å²) >= 11 is 0. The minimum Gasteiger partial charge on any atom is -0.330 e. The number of anilines is 1. The molecule has 0 aliphatic heterocycles. The van der Waals surface area contributed by atoms with Gasteiger partial charge in [0.2, 0.25) is 10.0 Å². The van der Waals surface area contributed by atoms with Gasteiger partial charge in [-0.2, -0.15) is 5.26 Å². The van der Waals surface area contributed by atoms with Crippen LogP contribution in [0.2, 0.25) is 0 Å². The molecule has 0 heterocycles. The summed E-state index contributed by atoms with van der Waals surface area (Å²) < 4.78 is 23.8. The second-order valence-corrected chi connectivity index (χ2v) is 9.99. The van der Waals surface area contributed by atoms with E-state index in [-0.39, 0.29) is 17.4 Å². The number of primary sulfonamides is 1. The highest BCUT2D eigenvalue weighted by atomic mass is 32.2. The minimum atomic E-state index is -3.91. The van der Waals surface area contributed by atoms with E-state index in [9.17, 15) is 18.0 Å². The molecule has 180 valence electrons. The number of carbonyl (C=O) groups is 2. The van der Waals surface area contributed by atoms with Crippen LogP contribution < -0.4 is 10.5 Å². The summed E-state index contributed by atoms with van der Waals surface area (Å²) in [6.45, 7) is 4.46. The number of nitriles is 1. The highest BCUT2D eigenvalue weighted by molar-refractivity contribution is 7.89. The number of nitrogens with one attached hydrogen (secondary N) is 1. The van der Waals surface area contributed by atoms with Crippen LogP contribution in [0, 0.1) is 17.2 Å². The summed E-state index contributed by atoms with van der Waals surface area (Å²) in [6.07, 6.45) is 0. The zero-order chi connectivity index (χ0) is 25.6. The number of hydrogen-bond acceptors (Lipinski definition) is 5. The fourth-order valence-corrected chi connectivity index (χ4v) is 4.39. The van der Waals surface area contributed by atoms with Gasteiger partial charge in [-0.15, -0.1) is 0 Å². The van der Waals surface area contributed by atoms with E-state index in [4.69, 9.17) is 10.4 Å². The third-order valence-corrected chi connectivity index (χ3v) is 6.11. The molecule has 3 rings (SSSR count). The maximum Gasteiger partial charge on any atom is 0.313 e. The van der Waals surface area contributed by atoms with Gasteiger partial charge in [0.1, 0.15) is 0 Å². The van der Waals surface area contributed by atoms with Gasteiger partial charge in [0.25, 0.3) is 0 Å². The third kappa shape index (κ3) is 6.76. The van der Waals surface area contributed by atoms with Crippen molar-refractivity contribution in [3.05, 3.63) is 83.9 Å². The van der Waals surface area contributed by atoms with Crippen LogP contribution >= 0.6 is 0 Å². The molecule has 0 saturated heterocycles. The predicted molar refractivity (Wildman–Crippen MR) is 133 cm³/mol. The lowest BCUT2D eigenvalue weighted by atomic mass is 10.1. The summed E-state index contributed by atoms with van der Waals surface area (Å²) in [5.41, 5.74) is 2.65. The van der Waals surface area contributed by atoms with Gasteiger partial charge in [-0.3, -0.25) is 9.59 Å². The van der Waals surface area contributed by atoms with Crippen molar-refractivity contribution < 1.29 is 18.0 Å². The van der Waals surface area contributed by atoms with Crippen LogP contribution in [-0.4, -0.2) is 31.7 Å². The number of nitrogens with two attached hydrogens (primary N) is 1. The lowest BCUT2D eigenvalue weighted by Gasteiger charge is -2.24. The Balaban J connectivity index is 1.76. The van der Waals surface area contributed by atoms with Gasteiger partial charge in [0.15, 0.2) is 0 Å². The zero-order valence-corrected chi connectivity index (χ0v) is 20.2. The first-order chi connectivity index (χ1) is 16.6. The highest BCUT2D eigenvalue weighted by Gasteiger charge is 2.23. The Morgan fingerprint density at radius 3 is 2.34 bits per heavy atom. The summed E-state index contributed by atoms with van der Waals surface area (Å²) in [7, 11) is -3.91. The van der Waals surface area contributed by atoms with Gasteiger partial charge in [-0.25, -0.2) is 13.6 Å². The topological polar surface area (TPSA) is 133 Å². The molecule has 3 aromatic rings. The van der Waals surface area contributed by atoms with Crippen molar-refractivity contribution in [2.45, 2.75) is 25.3 Å². The molecule has 0 bridgehead atoms. The van der Waals surface area contributed by atoms with Gasteiger partial charge in [-0.05, 0) is 47.4 Å². The monoisotopic (exact) mass is 490 g/mol. The fraction of sp³-hybridized carbons (Fsp3) is 0.192. The van der Waals surface area contributed by atoms with Crippen molar-refractivity contribution in [2.75, 3.05) is 11.9 Å². The van der Waals surface area contributed by atoms with Crippen molar-refractivity contribution in [1.82, 2.24) is 4.90 Å². The molecule has 3 aromatic carbocycles. The van der Waals surface area contributed by atoms with Crippen LogP contribution in [0.1, 0.15) is 25.0 Å². The first-order valence-corrected chi connectivity index (χ1v) is 12.4. The van der Waals surface area contributed by atoms with Crippen LogP contribution in [0.25, 0.3) is 11.1 Å². The Labute approximate surface area is 205 Å². The molecule has 35 heavy (non-hydrogen) atoms. The maximum absolute atomic E-state index is 13.0. The number of rotatable bonds is 7. The molecule has 0 aliphatic carbocycles. The maximum atomic E-state index is 13.0. The van der Waals surface area contributed by atoms with Gasteiger partial charge >= 0.3 is 11.8 Å². The average molecular weight is 491 g/mol. The predicted octanol–water partition coefficient (Wildman–Crippen LogP) is 3.50. The number of nitrogens with zero attached hydrogens (tertiary/aromatic N) is 2. The Hall–Kier alpha value is -4.00. The van der Waals surface area contributed by atoms with Crippen molar-refractivity contribution >= 4 is 27.5 Å². The van der Waals surface area contributed by atoms with Crippen LogP contribution in [0.15, 0.2) is 77.7 Å². The van der Waals surface area contributed by atoms with E-state index in [0.29, 0.717) is 28.9 Å². The molecular weight excluding hydrogens is 464 g/mol. The fourth-order valence-electron chi connectivity index (χ4n) is 3.63. The number of amides is 2. The summed E-state index contributed by atoms with van der Waals surface area (Å²) in [5, 5.41) is 17.0. The molecule has 3 N–H and O–H groups in total. The van der Waals surface area contributed by atoms with Gasteiger partial charge in [-0.1, -0.05) is 56.3 Å². The second kappa shape index (κ2) is 11.0. The normalized spacial score (nSPS) is 11.1. The lowest BCUT2D eigenvalue weighted by Crippen LogP contribution is -2.41. The number of sulfonamides is 1. The first-order valence-electron chi connectivity index (χ1n) is 10.9. The molecule has 0 aromatic heterocycles. The molecule has 2 amide bonds. The Kier molecular flexibility index (Phi) is 8.02. The van der Waals surface area contributed by atoms with Crippen LogP contribution in [-0.2, 0) is 26.2 Å². The molecule has 0 spiro atoms. The quantitative estimate of drug-likeness (QED) is 0.489. The van der Waals surface area contributed by atoms with E-state index >= 15 is 0 Å². The van der Waals surface area contributed by atoms with Crippen molar-refractivity contribution in [1.29, 1.82) is 5.26 Å². The smallest absolute Gasteiger partial charge is 0.313 e. The van der Waals surface area contributed by atoms with Crippen molar-refractivity contribution in [3.8, 4) is 17.2 Å². The van der Waals surface area contributed by atoms with E-state index in [0.717, 1.165) is 5.56 Å². The van der Waals surface area contributed by atoms with Crippen LogP contribution in [0.3, 0.4) is 0 Å². The van der Waals surface area contributed by atoms with Gasteiger partial charge in [0, 0.05) is 24.3 Å². The molecule has 0 atom stereocenters. The van der Waals surface area contributed by atoms with E-state index in [2.05, 4.69) is 11.4 Å². The molecule has 0 aliphatic rings. The SMILES string of the molecule is CC(C)CN(Cc1cccc(C#N)c1)C(=O)C(=O)Nc1ccc(-c2ccccc2S(N)(=O)=O)cc1. The lowest BCUT2D eigenvalue weighted by molar-refractivity contribution is -0.143. The van der Waals surface area contributed by atoms with E-state index in [1.807, 2.05) is 13.8 Å². The van der Waals surface area contributed by atoms with Gasteiger partial charge in [0.05, 0.1) is 16.5 Å². The van der Waals surface area contributed by atoms with E-state index in [1.54, 1.807) is 66.7 Å². The van der Waals surface area contributed by atoms with Gasteiger partial charge < -0.3 is 10.2 Å². The van der Waals surface area contributed by atoms with E-state index < -0.39 is 21.8 Å².